The highest BCUT2D eigenvalue weighted by Gasteiger charge is 2.26. The van der Waals surface area contributed by atoms with E-state index < -0.39 is 6.10 Å². The van der Waals surface area contributed by atoms with Gasteiger partial charge in [-0.25, -0.2) is 0 Å². The number of aliphatic hydroxyl groups is 1. The van der Waals surface area contributed by atoms with Crippen molar-refractivity contribution >= 4 is 5.78 Å². The van der Waals surface area contributed by atoms with Gasteiger partial charge < -0.3 is 22.3 Å². The molecule has 23 heavy (non-hydrogen) atoms. The summed E-state index contributed by atoms with van der Waals surface area (Å²) in [6.07, 6.45) is 3.17. The summed E-state index contributed by atoms with van der Waals surface area (Å²) >= 11 is 0. The maximum Gasteiger partial charge on any atom is 0.159 e. The Morgan fingerprint density at radius 1 is 1.26 bits per heavy atom. The molecule has 5 heteroatoms. The van der Waals surface area contributed by atoms with Gasteiger partial charge in [0.25, 0.3) is 0 Å². The van der Waals surface area contributed by atoms with Crippen LogP contribution >= 0.6 is 0 Å². The SMILES string of the molecule is CC(=O)c1ccc(OCC(O)CN2C(C)CCCC2C)cc1.[Cl-]. The predicted octanol–water partition coefficient (Wildman–Crippen LogP) is -0.104. The van der Waals surface area contributed by atoms with Gasteiger partial charge in [0.15, 0.2) is 5.78 Å². The number of ketones is 1. The van der Waals surface area contributed by atoms with Crippen LogP contribution in [0.5, 0.6) is 5.75 Å². The average Bonchev–Trinajstić information content (AvgIpc) is 2.49. The molecule has 130 valence electrons. The summed E-state index contributed by atoms with van der Waals surface area (Å²) < 4.78 is 5.63. The largest absolute Gasteiger partial charge is 1.00 e. The normalized spacial score (nSPS) is 23.0. The van der Waals surface area contributed by atoms with E-state index >= 15 is 0 Å². The van der Waals surface area contributed by atoms with Gasteiger partial charge in [-0.15, -0.1) is 0 Å². The highest BCUT2D eigenvalue weighted by molar-refractivity contribution is 5.94. The van der Waals surface area contributed by atoms with Gasteiger partial charge in [-0.3, -0.25) is 9.69 Å². The van der Waals surface area contributed by atoms with Gasteiger partial charge in [0.1, 0.15) is 18.5 Å². The number of hydrogen-bond donors (Lipinski definition) is 1. The Balaban J connectivity index is 0.00000264. The second-order valence-electron chi connectivity index (χ2n) is 6.37. The van der Waals surface area contributed by atoms with Crippen molar-refractivity contribution in [2.75, 3.05) is 13.2 Å². The number of halogens is 1. The van der Waals surface area contributed by atoms with Crippen molar-refractivity contribution in [3.8, 4) is 5.75 Å². The third-order valence-corrected chi connectivity index (χ3v) is 4.50. The van der Waals surface area contributed by atoms with Crippen molar-refractivity contribution in [1.82, 2.24) is 4.90 Å². The molecule has 3 unspecified atom stereocenters. The molecular weight excluding hydrogens is 314 g/mol. The minimum Gasteiger partial charge on any atom is -1.00 e. The molecule has 2 rings (SSSR count). The fourth-order valence-corrected chi connectivity index (χ4v) is 3.11. The molecule has 0 amide bonds. The van der Waals surface area contributed by atoms with E-state index in [2.05, 4.69) is 18.7 Å². The number of β-amino-alcohol motifs (C(OH)–C–C–N with tert-alkyl or cyclic N) is 1. The molecule has 0 saturated carbocycles. The van der Waals surface area contributed by atoms with E-state index in [1.165, 1.54) is 19.3 Å². The second kappa shape index (κ2) is 9.26. The zero-order valence-corrected chi connectivity index (χ0v) is 14.9. The number of piperidine rings is 1. The molecule has 0 bridgehead atoms. The zero-order valence-electron chi connectivity index (χ0n) is 14.2. The lowest BCUT2D eigenvalue weighted by atomic mass is 9.97. The first-order valence-corrected chi connectivity index (χ1v) is 8.15. The van der Waals surface area contributed by atoms with Crippen LogP contribution in [-0.2, 0) is 0 Å². The molecule has 1 aromatic rings. The molecule has 3 atom stereocenters. The third kappa shape index (κ3) is 5.79. The van der Waals surface area contributed by atoms with Gasteiger partial charge in [-0.1, -0.05) is 6.42 Å². The molecule has 1 saturated heterocycles. The van der Waals surface area contributed by atoms with Gasteiger partial charge in [0, 0.05) is 24.2 Å². The molecule has 0 aliphatic carbocycles. The second-order valence-corrected chi connectivity index (χ2v) is 6.37. The first kappa shape index (κ1) is 19.9. The molecule has 1 heterocycles. The Labute approximate surface area is 145 Å². The lowest BCUT2D eigenvalue weighted by Gasteiger charge is -2.40. The number of aliphatic hydroxyl groups excluding tert-OH is 1. The number of ether oxygens (including phenoxy) is 1. The van der Waals surface area contributed by atoms with Crippen LogP contribution in [0, 0.1) is 0 Å². The zero-order chi connectivity index (χ0) is 16.1. The monoisotopic (exact) mass is 340 g/mol. The number of hydrogen-bond acceptors (Lipinski definition) is 4. The van der Waals surface area contributed by atoms with E-state index in [9.17, 15) is 9.90 Å². The van der Waals surface area contributed by atoms with Gasteiger partial charge in [0.2, 0.25) is 0 Å². The lowest BCUT2D eigenvalue weighted by Crippen LogP contribution is -3.00. The van der Waals surface area contributed by atoms with Crippen LogP contribution < -0.4 is 17.1 Å². The summed E-state index contributed by atoms with van der Waals surface area (Å²) in [7, 11) is 0. The Morgan fingerprint density at radius 3 is 2.35 bits per heavy atom. The number of nitrogens with zero attached hydrogens (tertiary/aromatic N) is 1. The molecule has 1 aliphatic heterocycles. The van der Waals surface area contributed by atoms with Gasteiger partial charge in [0.05, 0.1) is 0 Å². The van der Waals surface area contributed by atoms with Crippen molar-refractivity contribution in [3.63, 3.8) is 0 Å². The fourth-order valence-electron chi connectivity index (χ4n) is 3.11. The molecular formula is C18H27ClNO3-. The van der Waals surface area contributed by atoms with E-state index in [1.807, 2.05) is 0 Å². The summed E-state index contributed by atoms with van der Waals surface area (Å²) in [4.78, 5) is 13.6. The summed E-state index contributed by atoms with van der Waals surface area (Å²) in [5.74, 6) is 0.725. The summed E-state index contributed by atoms with van der Waals surface area (Å²) in [6.45, 7) is 6.91. The van der Waals surface area contributed by atoms with E-state index in [4.69, 9.17) is 4.74 Å². The molecule has 0 spiro atoms. The molecule has 1 aliphatic rings. The summed E-state index contributed by atoms with van der Waals surface area (Å²) in [6, 6.07) is 8.09. The fraction of sp³-hybridized carbons (Fsp3) is 0.611. The molecule has 1 fully saturated rings. The quantitative estimate of drug-likeness (QED) is 0.735. The number of benzene rings is 1. The number of Topliss-reactive ketones (excluding diaryl/α,β-unsaturated/α-hetero) is 1. The van der Waals surface area contributed by atoms with Crippen LogP contribution in [0.3, 0.4) is 0 Å². The van der Waals surface area contributed by atoms with Crippen LogP contribution in [-0.4, -0.2) is 47.1 Å². The summed E-state index contributed by atoms with van der Waals surface area (Å²) in [5, 5.41) is 10.2. The molecule has 1 aromatic carbocycles. The first-order valence-electron chi connectivity index (χ1n) is 8.15. The number of carbonyl (C=O) groups excluding carboxylic acids is 1. The first-order chi connectivity index (χ1) is 10.5. The lowest BCUT2D eigenvalue weighted by molar-refractivity contribution is -0.0000146. The van der Waals surface area contributed by atoms with E-state index in [1.54, 1.807) is 31.2 Å². The van der Waals surface area contributed by atoms with Gasteiger partial charge in [-0.05, 0) is 57.9 Å². The van der Waals surface area contributed by atoms with E-state index in [0.29, 0.717) is 29.9 Å². The highest BCUT2D eigenvalue weighted by atomic mass is 35.5. The van der Waals surface area contributed by atoms with Gasteiger partial charge in [-0.2, -0.15) is 0 Å². The average molecular weight is 341 g/mol. The maximum absolute atomic E-state index is 11.2. The minimum absolute atomic E-state index is 0. The molecule has 4 nitrogen and oxygen atoms in total. The van der Waals surface area contributed by atoms with Crippen LogP contribution in [0.15, 0.2) is 24.3 Å². The van der Waals surface area contributed by atoms with Crippen molar-refractivity contribution in [2.45, 2.75) is 58.2 Å². The minimum atomic E-state index is -0.504. The van der Waals surface area contributed by atoms with Crippen LogP contribution in [0.4, 0.5) is 0 Å². The van der Waals surface area contributed by atoms with Crippen molar-refractivity contribution in [3.05, 3.63) is 29.8 Å². The smallest absolute Gasteiger partial charge is 0.159 e. The van der Waals surface area contributed by atoms with Crippen LogP contribution in [0.2, 0.25) is 0 Å². The number of carbonyl (C=O) groups is 1. The topological polar surface area (TPSA) is 49.8 Å². The molecule has 0 radical (unpaired) electrons. The van der Waals surface area contributed by atoms with E-state index in [-0.39, 0.29) is 24.8 Å². The van der Waals surface area contributed by atoms with Crippen molar-refractivity contribution in [2.24, 2.45) is 0 Å². The Bertz CT molecular complexity index is 482. The molecule has 0 aromatic heterocycles. The van der Waals surface area contributed by atoms with Crippen LogP contribution in [0.1, 0.15) is 50.4 Å². The molecule has 1 N–H and O–H groups in total. The maximum atomic E-state index is 11.2. The van der Waals surface area contributed by atoms with Crippen molar-refractivity contribution in [1.29, 1.82) is 0 Å². The standard InChI is InChI=1S/C18H27NO3.ClH/c1-13-5-4-6-14(2)19(13)11-17(21)12-22-18-9-7-16(8-10-18)15(3)20;/h7-10,13-14,17,21H,4-6,11-12H2,1-3H3;1H/p-1. The Kier molecular flexibility index (Phi) is 8.03. The highest BCUT2D eigenvalue weighted by Crippen LogP contribution is 2.22. The summed E-state index contributed by atoms with van der Waals surface area (Å²) in [5.41, 5.74) is 0.670. The van der Waals surface area contributed by atoms with E-state index in [0.717, 1.165) is 0 Å². The predicted molar refractivity (Wildman–Crippen MR) is 87.4 cm³/mol. The van der Waals surface area contributed by atoms with Gasteiger partial charge >= 0.3 is 0 Å². The third-order valence-electron chi connectivity index (χ3n) is 4.50. The van der Waals surface area contributed by atoms with Crippen LogP contribution in [0.25, 0.3) is 0 Å². The van der Waals surface area contributed by atoms with Crippen molar-refractivity contribution < 1.29 is 27.0 Å². The Morgan fingerprint density at radius 2 is 1.83 bits per heavy atom. The Hall–Kier alpha value is -1.10. The number of rotatable bonds is 6. The number of likely N-dealkylation sites (tertiary alicyclic amines) is 1.